The molecule has 17 heavy (non-hydrogen) atoms. The number of hydrogen-bond acceptors (Lipinski definition) is 1. The second-order valence-corrected chi connectivity index (χ2v) is 12.1. The average molecular weight is 256 g/mol. The Morgan fingerprint density at radius 1 is 1.06 bits per heavy atom. The molecule has 0 bridgehead atoms. The van der Waals surface area contributed by atoms with Crippen LogP contribution in [0.1, 0.15) is 74.1 Å². The van der Waals surface area contributed by atoms with Gasteiger partial charge < -0.3 is 0 Å². The van der Waals surface area contributed by atoms with Crippen LogP contribution >= 0.6 is 7.92 Å². The van der Waals surface area contributed by atoms with E-state index in [2.05, 4.69) is 48.5 Å². The Kier molecular flexibility index (Phi) is 4.15. The Labute approximate surface area is 109 Å². The molecule has 1 saturated heterocycles. The number of carbonyl (C=O) groups is 1. The first-order chi connectivity index (χ1) is 7.47. The highest BCUT2D eigenvalue weighted by Crippen LogP contribution is 2.70. The van der Waals surface area contributed by atoms with Crippen molar-refractivity contribution in [3.63, 3.8) is 0 Å². The number of Topliss-reactive ketones (excluding diaryl/α,β-unsaturated/α-hetero) is 1. The molecule has 0 amide bonds. The lowest BCUT2D eigenvalue weighted by atomic mass is 9.97. The minimum absolute atomic E-state index is 0.175. The maximum Gasteiger partial charge on any atom is 0.133 e. The van der Waals surface area contributed by atoms with Crippen molar-refractivity contribution in [2.24, 2.45) is 0 Å². The van der Waals surface area contributed by atoms with Gasteiger partial charge in [0, 0.05) is 12.8 Å². The summed E-state index contributed by atoms with van der Waals surface area (Å²) in [7, 11) is -0.190. The minimum atomic E-state index is -0.190. The van der Waals surface area contributed by atoms with E-state index < -0.39 is 0 Å². The first kappa shape index (κ1) is 15.2. The molecule has 0 aliphatic carbocycles. The minimum Gasteiger partial charge on any atom is -0.300 e. The van der Waals surface area contributed by atoms with Gasteiger partial charge in [-0.25, -0.2) is 0 Å². The lowest BCUT2D eigenvalue weighted by Crippen LogP contribution is -2.41. The predicted molar refractivity (Wildman–Crippen MR) is 78.3 cm³/mol. The topological polar surface area (TPSA) is 17.1 Å². The highest BCUT2D eigenvalue weighted by atomic mass is 31.1. The first-order valence-corrected chi connectivity index (χ1v) is 8.13. The Hall–Kier alpha value is 0.100. The highest BCUT2D eigenvalue weighted by molar-refractivity contribution is 7.62. The van der Waals surface area contributed by atoms with Gasteiger partial charge in [0.2, 0.25) is 0 Å². The van der Waals surface area contributed by atoms with Gasteiger partial charge in [0.05, 0.1) is 0 Å². The van der Waals surface area contributed by atoms with E-state index in [9.17, 15) is 4.79 Å². The molecule has 0 aromatic rings. The average Bonchev–Trinajstić information content (AvgIpc) is 1.94. The van der Waals surface area contributed by atoms with Crippen LogP contribution in [-0.4, -0.2) is 21.3 Å². The number of hydrogen-bond donors (Lipinski definition) is 0. The van der Waals surface area contributed by atoms with Crippen LogP contribution in [0.25, 0.3) is 0 Å². The van der Waals surface area contributed by atoms with Gasteiger partial charge in [0.25, 0.3) is 0 Å². The van der Waals surface area contributed by atoms with E-state index in [1.54, 1.807) is 0 Å². The number of rotatable bonds is 0. The molecule has 0 N–H and O–H groups in total. The molecule has 0 spiro atoms. The van der Waals surface area contributed by atoms with Crippen LogP contribution in [0.3, 0.4) is 0 Å². The number of carbonyl (C=O) groups excluding carboxylic acids is 1. The molecular formula is C15H29OP. The fourth-order valence-electron chi connectivity index (χ4n) is 4.12. The second-order valence-electron chi connectivity index (χ2n) is 7.70. The van der Waals surface area contributed by atoms with E-state index in [0.717, 1.165) is 19.3 Å². The van der Waals surface area contributed by atoms with Crippen LogP contribution in [0.4, 0.5) is 0 Å². The zero-order valence-electron chi connectivity index (χ0n) is 12.7. The van der Waals surface area contributed by atoms with Crippen molar-refractivity contribution in [2.45, 2.75) is 89.6 Å². The van der Waals surface area contributed by atoms with Gasteiger partial charge in [-0.1, -0.05) is 56.4 Å². The third-order valence-corrected chi connectivity index (χ3v) is 7.90. The number of ketones is 1. The Morgan fingerprint density at radius 3 is 2.06 bits per heavy atom. The molecule has 1 fully saturated rings. The normalized spacial score (nSPS) is 29.6. The molecule has 0 aromatic carbocycles. The van der Waals surface area contributed by atoms with Crippen molar-refractivity contribution in [1.29, 1.82) is 0 Å². The molecular weight excluding hydrogens is 227 g/mol. The van der Waals surface area contributed by atoms with Crippen LogP contribution in [0.15, 0.2) is 0 Å². The summed E-state index contributed by atoms with van der Waals surface area (Å²) < 4.78 is 0. The van der Waals surface area contributed by atoms with Gasteiger partial charge in [0.15, 0.2) is 0 Å². The monoisotopic (exact) mass is 256 g/mol. The SMILES string of the molecule is CC(C)(C)P1C(C)(C)CCCC(=O)CC1(C)C. The quantitative estimate of drug-likeness (QED) is 0.559. The molecule has 0 radical (unpaired) electrons. The molecule has 100 valence electrons. The summed E-state index contributed by atoms with van der Waals surface area (Å²) in [5, 5.41) is 0.881. The Morgan fingerprint density at radius 2 is 1.59 bits per heavy atom. The maximum atomic E-state index is 11.9. The predicted octanol–water partition coefficient (Wildman–Crippen LogP) is 4.97. The molecule has 1 aliphatic heterocycles. The van der Waals surface area contributed by atoms with Gasteiger partial charge in [-0.2, -0.15) is 0 Å². The Bertz CT molecular complexity index is 297. The van der Waals surface area contributed by atoms with E-state index in [4.69, 9.17) is 0 Å². The highest BCUT2D eigenvalue weighted by Gasteiger charge is 2.47. The summed E-state index contributed by atoms with van der Waals surface area (Å²) in [6, 6.07) is 0. The third kappa shape index (κ3) is 3.53. The van der Waals surface area contributed by atoms with Crippen molar-refractivity contribution in [2.75, 3.05) is 0 Å². The zero-order valence-corrected chi connectivity index (χ0v) is 13.6. The lowest BCUT2D eigenvalue weighted by Gasteiger charge is -2.53. The van der Waals surface area contributed by atoms with Crippen LogP contribution in [0.2, 0.25) is 0 Å². The van der Waals surface area contributed by atoms with Gasteiger partial charge in [-0.3, -0.25) is 4.79 Å². The molecule has 1 aliphatic rings. The molecule has 1 rings (SSSR count). The van der Waals surface area contributed by atoms with Crippen LogP contribution in [0, 0.1) is 0 Å². The third-order valence-electron chi connectivity index (χ3n) is 3.76. The lowest BCUT2D eigenvalue weighted by molar-refractivity contribution is -0.119. The molecule has 0 aromatic heterocycles. The van der Waals surface area contributed by atoms with E-state index in [1.165, 1.54) is 6.42 Å². The Balaban J connectivity index is 3.16. The van der Waals surface area contributed by atoms with Crippen LogP contribution in [0.5, 0.6) is 0 Å². The molecule has 0 saturated carbocycles. The van der Waals surface area contributed by atoms with E-state index in [-0.39, 0.29) is 13.1 Å². The summed E-state index contributed by atoms with van der Waals surface area (Å²) in [6.07, 6.45) is 3.85. The largest absolute Gasteiger partial charge is 0.300 e. The summed E-state index contributed by atoms with van der Waals surface area (Å²) in [4.78, 5) is 11.9. The van der Waals surface area contributed by atoms with Crippen molar-refractivity contribution < 1.29 is 4.79 Å². The maximum absolute atomic E-state index is 11.9. The summed E-state index contributed by atoms with van der Waals surface area (Å²) in [5.74, 6) is 0.474. The van der Waals surface area contributed by atoms with Crippen molar-refractivity contribution in [3.05, 3.63) is 0 Å². The zero-order chi connectivity index (χ0) is 13.5. The van der Waals surface area contributed by atoms with Gasteiger partial charge in [-0.05, 0) is 28.3 Å². The molecule has 1 atom stereocenters. The molecule has 1 heterocycles. The van der Waals surface area contributed by atoms with Gasteiger partial charge >= 0.3 is 0 Å². The summed E-state index contributed by atoms with van der Waals surface area (Å²) in [6.45, 7) is 16.5. The van der Waals surface area contributed by atoms with Crippen molar-refractivity contribution in [3.8, 4) is 0 Å². The van der Waals surface area contributed by atoms with Crippen molar-refractivity contribution >= 4 is 13.7 Å². The van der Waals surface area contributed by atoms with Crippen LogP contribution < -0.4 is 0 Å². The standard InChI is InChI=1S/C15H29OP/c1-13(2,3)17-14(4,5)10-8-9-12(16)11-15(17,6)7/h8-11H2,1-7H3. The van der Waals surface area contributed by atoms with E-state index in [0.29, 0.717) is 16.1 Å². The van der Waals surface area contributed by atoms with Gasteiger partial charge in [0.1, 0.15) is 5.78 Å². The van der Waals surface area contributed by atoms with Gasteiger partial charge in [-0.15, -0.1) is 0 Å². The second kappa shape index (κ2) is 4.65. The van der Waals surface area contributed by atoms with E-state index in [1.807, 2.05) is 0 Å². The first-order valence-electron chi connectivity index (χ1n) is 6.79. The summed E-state index contributed by atoms with van der Waals surface area (Å²) >= 11 is 0. The molecule has 1 nitrogen and oxygen atoms in total. The summed E-state index contributed by atoms with van der Waals surface area (Å²) in [5.41, 5.74) is 0. The fourth-order valence-corrected chi connectivity index (χ4v) is 10.1. The molecule has 1 unspecified atom stereocenters. The molecule has 2 heteroatoms. The smallest absolute Gasteiger partial charge is 0.133 e. The van der Waals surface area contributed by atoms with Crippen LogP contribution in [-0.2, 0) is 4.79 Å². The van der Waals surface area contributed by atoms with Crippen molar-refractivity contribution in [1.82, 2.24) is 0 Å². The van der Waals surface area contributed by atoms with E-state index >= 15 is 0 Å². The fraction of sp³-hybridized carbons (Fsp3) is 0.933.